The third-order valence-electron chi connectivity index (χ3n) is 2.58. The molecule has 1 rings (SSSR count). The predicted molar refractivity (Wildman–Crippen MR) is 80.4 cm³/mol. The Balaban J connectivity index is 2.71. The monoisotopic (exact) mass is 377 g/mol. The fraction of sp³-hybridized carbons (Fsp3) is 0.462. The van der Waals surface area contributed by atoms with E-state index in [1.165, 1.54) is 0 Å². The van der Waals surface area contributed by atoms with E-state index in [4.69, 9.17) is 4.74 Å². The van der Waals surface area contributed by atoms with E-state index in [1.54, 1.807) is 19.1 Å². The highest BCUT2D eigenvalue weighted by Crippen LogP contribution is 2.18. The summed E-state index contributed by atoms with van der Waals surface area (Å²) < 4.78 is 5.99. The first-order valence-electron chi connectivity index (χ1n) is 5.60. The Labute approximate surface area is 125 Å². The normalized spacial score (nSPS) is 12.3. The van der Waals surface area contributed by atoms with Gasteiger partial charge in [0, 0.05) is 30.7 Å². The number of rotatable bonds is 5. The summed E-state index contributed by atoms with van der Waals surface area (Å²) in [5.41, 5.74) is 1.80. The molecule has 5 heteroatoms. The number of carbonyl (C=O) groups excluding carboxylic acids is 1. The smallest absolute Gasteiger partial charge is 0.253 e. The maximum Gasteiger partial charge on any atom is 0.253 e. The minimum absolute atomic E-state index is 0.0104. The molecule has 1 aromatic rings. The van der Waals surface area contributed by atoms with Gasteiger partial charge in [-0.25, -0.2) is 0 Å². The second kappa shape index (κ2) is 7.26. The van der Waals surface area contributed by atoms with Crippen LogP contribution in [0.4, 0.5) is 0 Å². The number of methoxy groups -OCH3 is 1. The van der Waals surface area contributed by atoms with Gasteiger partial charge in [-0.3, -0.25) is 4.79 Å². The van der Waals surface area contributed by atoms with Crippen molar-refractivity contribution in [1.29, 1.82) is 0 Å². The second-order valence-electron chi connectivity index (χ2n) is 4.20. The summed E-state index contributed by atoms with van der Waals surface area (Å²) >= 11 is 6.92. The molecule has 18 heavy (non-hydrogen) atoms. The minimum atomic E-state index is 0.0104. The van der Waals surface area contributed by atoms with Crippen LogP contribution in [-0.2, 0) is 4.74 Å². The second-order valence-corrected chi connectivity index (χ2v) is 6.35. The third-order valence-corrected chi connectivity index (χ3v) is 3.99. The average molecular weight is 379 g/mol. The molecule has 0 heterocycles. The van der Waals surface area contributed by atoms with Crippen LogP contribution in [0.3, 0.4) is 0 Å². The number of amides is 1. The standard InChI is InChI=1S/C13H17Br2NO2/c1-9-4-5-10(6-12(9)15)13(17)16(2)7-11(14)8-18-3/h4-6,11H,7-8H2,1-3H3. The summed E-state index contributed by atoms with van der Waals surface area (Å²) in [4.78, 5) is 14.0. The van der Waals surface area contributed by atoms with E-state index in [9.17, 15) is 4.79 Å². The molecule has 3 nitrogen and oxygen atoms in total. The van der Waals surface area contributed by atoms with Crippen molar-refractivity contribution in [2.45, 2.75) is 11.8 Å². The highest BCUT2D eigenvalue weighted by Gasteiger charge is 2.15. The summed E-state index contributed by atoms with van der Waals surface area (Å²) in [6.45, 7) is 3.18. The number of hydrogen-bond acceptors (Lipinski definition) is 2. The molecule has 0 aliphatic carbocycles. The fourth-order valence-corrected chi connectivity index (χ4v) is 2.64. The lowest BCUT2D eigenvalue weighted by Gasteiger charge is -2.20. The van der Waals surface area contributed by atoms with Crippen molar-refractivity contribution < 1.29 is 9.53 Å². The van der Waals surface area contributed by atoms with Gasteiger partial charge >= 0.3 is 0 Å². The van der Waals surface area contributed by atoms with Gasteiger partial charge in [-0.1, -0.05) is 37.9 Å². The lowest BCUT2D eigenvalue weighted by Crippen LogP contribution is -2.33. The van der Waals surface area contributed by atoms with Gasteiger partial charge in [0.1, 0.15) is 0 Å². The average Bonchev–Trinajstić information content (AvgIpc) is 2.32. The zero-order chi connectivity index (χ0) is 13.7. The number of nitrogens with zero attached hydrogens (tertiary/aromatic N) is 1. The molecule has 0 spiro atoms. The van der Waals surface area contributed by atoms with Crippen LogP contribution < -0.4 is 0 Å². The molecule has 0 N–H and O–H groups in total. The molecule has 0 saturated heterocycles. The van der Waals surface area contributed by atoms with Crippen LogP contribution >= 0.6 is 31.9 Å². The number of benzene rings is 1. The quantitative estimate of drug-likeness (QED) is 0.736. The Morgan fingerprint density at radius 1 is 1.50 bits per heavy atom. The fourth-order valence-electron chi connectivity index (χ4n) is 1.56. The first-order valence-corrected chi connectivity index (χ1v) is 7.31. The highest BCUT2D eigenvalue weighted by atomic mass is 79.9. The Morgan fingerprint density at radius 3 is 2.72 bits per heavy atom. The minimum Gasteiger partial charge on any atom is -0.383 e. The lowest BCUT2D eigenvalue weighted by atomic mass is 10.1. The Kier molecular flexibility index (Phi) is 6.32. The number of carbonyl (C=O) groups is 1. The molecule has 0 radical (unpaired) electrons. The van der Waals surface area contributed by atoms with Gasteiger partial charge in [0.15, 0.2) is 0 Å². The molecule has 0 bridgehead atoms. The van der Waals surface area contributed by atoms with Crippen molar-refractivity contribution in [2.75, 3.05) is 27.3 Å². The Hall–Kier alpha value is -0.390. The van der Waals surface area contributed by atoms with Crippen LogP contribution in [0.2, 0.25) is 0 Å². The van der Waals surface area contributed by atoms with Crippen LogP contribution in [0.1, 0.15) is 15.9 Å². The zero-order valence-corrected chi connectivity index (χ0v) is 13.9. The largest absolute Gasteiger partial charge is 0.383 e. The zero-order valence-electron chi connectivity index (χ0n) is 10.7. The number of alkyl halides is 1. The summed E-state index contributed by atoms with van der Waals surface area (Å²) in [5, 5.41) is 0. The van der Waals surface area contributed by atoms with Crippen molar-refractivity contribution in [3.8, 4) is 0 Å². The molecule has 1 aromatic carbocycles. The van der Waals surface area contributed by atoms with Crippen LogP contribution in [0.25, 0.3) is 0 Å². The van der Waals surface area contributed by atoms with Crippen molar-refractivity contribution in [1.82, 2.24) is 4.90 Å². The topological polar surface area (TPSA) is 29.5 Å². The molecule has 0 fully saturated rings. The maximum absolute atomic E-state index is 12.2. The summed E-state index contributed by atoms with van der Waals surface area (Å²) in [5.74, 6) is 0.0104. The van der Waals surface area contributed by atoms with Crippen LogP contribution in [0, 0.1) is 6.92 Å². The molecule has 0 saturated carbocycles. The Morgan fingerprint density at radius 2 is 2.17 bits per heavy atom. The van der Waals surface area contributed by atoms with E-state index in [1.807, 2.05) is 25.1 Å². The van der Waals surface area contributed by atoms with Crippen LogP contribution in [0.15, 0.2) is 22.7 Å². The van der Waals surface area contributed by atoms with Gasteiger partial charge < -0.3 is 9.64 Å². The van der Waals surface area contributed by atoms with E-state index in [-0.39, 0.29) is 10.7 Å². The molecule has 1 atom stereocenters. The molecule has 0 aromatic heterocycles. The summed E-state index contributed by atoms with van der Waals surface area (Å²) in [6, 6.07) is 5.64. The molecule has 0 aliphatic heterocycles. The van der Waals surface area contributed by atoms with Crippen molar-refractivity contribution >= 4 is 37.8 Å². The van der Waals surface area contributed by atoms with E-state index < -0.39 is 0 Å². The van der Waals surface area contributed by atoms with Crippen molar-refractivity contribution in [3.63, 3.8) is 0 Å². The Bertz CT molecular complexity index is 423. The van der Waals surface area contributed by atoms with Gasteiger partial charge in [-0.2, -0.15) is 0 Å². The first-order chi connectivity index (χ1) is 8.45. The molecule has 1 unspecified atom stereocenters. The molecule has 100 valence electrons. The van der Waals surface area contributed by atoms with Gasteiger partial charge in [0.05, 0.1) is 11.4 Å². The lowest BCUT2D eigenvalue weighted by molar-refractivity contribution is 0.0784. The van der Waals surface area contributed by atoms with Gasteiger partial charge in [0.25, 0.3) is 5.91 Å². The molecular weight excluding hydrogens is 362 g/mol. The number of aryl methyl sites for hydroxylation is 1. The highest BCUT2D eigenvalue weighted by molar-refractivity contribution is 9.10. The van der Waals surface area contributed by atoms with Gasteiger partial charge in [-0.05, 0) is 24.6 Å². The molecule has 1 amide bonds. The van der Waals surface area contributed by atoms with Crippen molar-refractivity contribution in [2.24, 2.45) is 0 Å². The predicted octanol–water partition coefficient (Wildman–Crippen LogP) is 3.24. The van der Waals surface area contributed by atoms with E-state index in [0.29, 0.717) is 18.7 Å². The van der Waals surface area contributed by atoms with E-state index in [0.717, 1.165) is 10.0 Å². The molecular formula is C13H17Br2NO2. The van der Waals surface area contributed by atoms with E-state index in [2.05, 4.69) is 31.9 Å². The first kappa shape index (κ1) is 15.7. The van der Waals surface area contributed by atoms with E-state index >= 15 is 0 Å². The SMILES string of the molecule is COCC(Br)CN(C)C(=O)c1ccc(C)c(Br)c1. The van der Waals surface area contributed by atoms with Gasteiger partial charge in [-0.15, -0.1) is 0 Å². The van der Waals surface area contributed by atoms with Crippen LogP contribution in [0.5, 0.6) is 0 Å². The van der Waals surface area contributed by atoms with Crippen molar-refractivity contribution in [3.05, 3.63) is 33.8 Å². The third kappa shape index (κ3) is 4.37. The summed E-state index contributed by atoms with van der Waals surface area (Å²) in [6.07, 6.45) is 0. The van der Waals surface area contributed by atoms with Gasteiger partial charge in [0.2, 0.25) is 0 Å². The molecule has 0 aliphatic rings. The summed E-state index contributed by atoms with van der Waals surface area (Å²) in [7, 11) is 3.44. The number of hydrogen-bond donors (Lipinski definition) is 0. The van der Waals surface area contributed by atoms with Crippen LogP contribution in [-0.4, -0.2) is 42.9 Å². The maximum atomic E-state index is 12.2. The number of ether oxygens (including phenoxy) is 1. The number of halogens is 2.